The smallest absolute Gasteiger partial charge is 0.301 e. The van der Waals surface area contributed by atoms with Crippen LogP contribution in [0, 0.1) is 11.6 Å². The number of aromatic nitrogens is 3. The maximum absolute atomic E-state index is 14.5. The van der Waals surface area contributed by atoms with E-state index in [4.69, 9.17) is 0 Å². The Balaban J connectivity index is 1.69. The summed E-state index contributed by atoms with van der Waals surface area (Å²) in [5.41, 5.74) is -0.244. The van der Waals surface area contributed by atoms with Crippen molar-refractivity contribution in [3.8, 4) is 11.4 Å². The molecule has 28 heavy (non-hydrogen) atoms. The van der Waals surface area contributed by atoms with Crippen molar-refractivity contribution in [1.82, 2.24) is 19.1 Å². The highest BCUT2D eigenvalue weighted by Gasteiger charge is 2.26. The predicted octanol–water partition coefficient (Wildman–Crippen LogP) is 3.09. The molecule has 0 unspecified atom stereocenters. The van der Waals surface area contributed by atoms with Crippen LogP contribution in [-0.4, -0.2) is 40.6 Å². The van der Waals surface area contributed by atoms with Crippen molar-refractivity contribution < 1.29 is 17.2 Å². The quantitative estimate of drug-likeness (QED) is 0.838. The second-order valence-corrected chi connectivity index (χ2v) is 8.95. The van der Waals surface area contributed by atoms with Crippen LogP contribution in [0.3, 0.4) is 0 Å². The molecule has 1 aromatic heterocycles. The van der Waals surface area contributed by atoms with E-state index < -0.39 is 21.8 Å². The van der Waals surface area contributed by atoms with Gasteiger partial charge in [0.25, 0.3) is 0 Å². The summed E-state index contributed by atoms with van der Waals surface area (Å²) in [6, 6.07) is 1.87. The van der Waals surface area contributed by atoms with Gasteiger partial charge < -0.3 is 4.57 Å². The first-order valence-electron chi connectivity index (χ1n) is 9.65. The fraction of sp³-hybridized carbons (Fsp3) is 0.556. The summed E-state index contributed by atoms with van der Waals surface area (Å²) in [5, 5.41) is 8.23. The molecular formula is C18H23F2N5O2S. The maximum Gasteiger partial charge on any atom is 0.301 e. The van der Waals surface area contributed by atoms with E-state index in [1.54, 1.807) is 0 Å². The summed E-state index contributed by atoms with van der Waals surface area (Å²) in [5.74, 6) is -0.685. The summed E-state index contributed by atoms with van der Waals surface area (Å²) in [7, 11) is -3.90. The first-order chi connectivity index (χ1) is 13.5. The number of nitrogens with zero attached hydrogens (tertiary/aromatic N) is 4. The third-order valence-corrected chi connectivity index (χ3v) is 6.82. The molecule has 2 aliphatic heterocycles. The van der Waals surface area contributed by atoms with Crippen LogP contribution in [0.25, 0.3) is 11.4 Å². The minimum absolute atomic E-state index is 0.0402. The van der Waals surface area contributed by atoms with Gasteiger partial charge in [0.15, 0.2) is 5.82 Å². The molecule has 0 spiro atoms. The molecule has 0 amide bonds. The molecule has 10 heteroatoms. The molecule has 0 bridgehead atoms. The summed E-state index contributed by atoms with van der Waals surface area (Å²) in [4.78, 5) is 0. The van der Waals surface area contributed by atoms with Gasteiger partial charge in [-0.25, -0.2) is 8.78 Å². The monoisotopic (exact) mass is 411 g/mol. The average molecular weight is 411 g/mol. The van der Waals surface area contributed by atoms with Gasteiger partial charge in [-0.2, -0.15) is 12.7 Å². The number of hydrogen-bond donors (Lipinski definition) is 1. The lowest BCUT2D eigenvalue weighted by atomic mass is 10.1. The van der Waals surface area contributed by atoms with Gasteiger partial charge in [-0.1, -0.05) is 12.8 Å². The first-order valence-corrected chi connectivity index (χ1v) is 11.1. The van der Waals surface area contributed by atoms with Crippen molar-refractivity contribution in [2.75, 3.05) is 17.8 Å². The number of piperidine rings is 1. The van der Waals surface area contributed by atoms with Gasteiger partial charge in [0.05, 0.1) is 11.3 Å². The van der Waals surface area contributed by atoms with Crippen LogP contribution in [0.5, 0.6) is 0 Å². The number of rotatable bonds is 4. The minimum Gasteiger partial charge on any atom is -0.311 e. The van der Waals surface area contributed by atoms with Crippen LogP contribution < -0.4 is 4.72 Å². The molecule has 1 N–H and O–H groups in total. The number of halogens is 2. The minimum atomic E-state index is -3.90. The van der Waals surface area contributed by atoms with Gasteiger partial charge in [-0.15, -0.1) is 10.2 Å². The van der Waals surface area contributed by atoms with E-state index in [0.29, 0.717) is 31.5 Å². The molecule has 0 radical (unpaired) electrons. The van der Waals surface area contributed by atoms with Crippen molar-refractivity contribution in [3.63, 3.8) is 0 Å². The van der Waals surface area contributed by atoms with Crippen molar-refractivity contribution in [2.24, 2.45) is 0 Å². The summed E-state index contributed by atoms with van der Waals surface area (Å²) in [6.45, 7) is 1.44. The fourth-order valence-electron chi connectivity index (χ4n) is 3.79. The Kier molecular flexibility index (Phi) is 5.33. The Morgan fingerprint density at radius 2 is 1.61 bits per heavy atom. The van der Waals surface area contributed by atoms with Crippen LogP contribution in [0.2, 0.25) is 0 Å². The molecule has 1 saturated heterocycles. The van der Waals surface area contributed by atoms with Gasteiger partial charge in [0.1, 0.15) is 17.5 Å². The third kappa shape index (κ3) is 3.75. The van der Waals surface area contributed by atoms with E-state index in [9.17, 15) is 17.2 Å². The summed E-state index contributed by atoms with van der Waals surface area (Å²) >= 11 is 0. The van der Waals surface area contributed by atoms with Crippen molar-refractivity contribution >= 4 is 15.9 Å². The summed E-state index contributed by atoms with van der Waals surface area (Å²) in [6.07, 6.45) is 6.23. The Morgan fingerprint density at radius 1 is 0.893 bits per heavy atom. The molecule has 7 nitrogen and oxygen atoms in total. The molecule has 3 heterocycles. The zero-order valence-corrected chi connectivity index (χ0v) is 16.3. The largest absolute Gasteiger partial charge is 0.311 e. The van der Waals surface area contributed by atoms with Gasteiger partial charge in [0.2, 0.25) is 0 Å². The van der Waals surface area contributed by atoms with Gasteiger partial charge in [0, 0.05) is 32.1 Å². The van der Waals surface area contributed by atoms with Crippen LogP contribution in [0.15, 0.2) is 12.1 Å². The van der Waals surface area contributed by atoms with E-state index in [1.807, 2.05) is 4.57 Å². The molecule has 152 valence electrons. The maximum atomic E-state index is 14.5. The number of anilines is 1. The van der Waals surface area contributed by atoms with Crippen LogP contribution >= 0.6 is 0 Å². The Bertz CT molecular complexity index is 971. The number of hydrogen-bond acceptors (Lipinski definition) is 4. The average Bonchev–Trinajstić information content (AvgIpc) is 2.92. The normalized spacial score (nSPS) is 18.5. The summed E-state index contributed by atoms with van der Waals surface area (Å²) < 4.78 is 59.5. The SMILES string of the molecule is O=S(=O)(Nc1cc(-c2nnc3n2CCCCC3)c(F)cc1F)N1CCCCC1. The standard InChI is InChI=1S/C18H23F2N5O2S/c19-14-12-15(20)16(23-28(26,27)24-8-4-2-5-9-24)11-13(14)18-22-21-17-7-3-1-6-10-25(17)18/h11-12,23H,1-10H2. The number of benzene rings is 1. The Hall–Kier alpha value is -2.07. The molecule has 2 aliphatic rings. The Morgan fingerprint density at radius 3 is 2.39 bits per heavy atom. The van der Waals surface area contributed by atoms with E-state index in [0.717, 1.165) is 50.8 Å². The number of fused-ring (bicyclic) bond motifs is 1. The molecule has 4 rings (SSSR count). The second kappa shape index (κ2) is 7.75. The van der Waals surface area contributed by atoms with Gasteiger partial charge >= 0.3 is 10.2 Å². The number of nitrogens with one attached hydrogen (secondary N) is 1. The zero-order chi connectivity index (χ0) is 19.7. The van der Waals surface area contributed by atoms with Crippen LogP contribution in [0.4, 0.5) is 14.5 Å². The molecule has 0 aliphatic carbocycles. The topological polar surface area (TPSA) is 80.1 Å². The predicted molar refractivity (Wildman–Crippen MR) is 101 cm³/mol. The van der Waals surface area contributed by atoms with Gasteiger partial charge in [-0.3, -0.25) is 4.72 Å². The van der Waals surface area contributed by atoms with Crippen LogP contribution in [-0.2, 0) is 23.2 Å². The molecule has 2 aromatic rings. The molecule has 0 saturated carbocycles. The lowest BCUT2D eigenvalue weighted by Gasteiger charge is -2.26. The second-order valence-electron chi connectivity index (χ2n) is 7.28. The van der Waals surface area contributed by atoms with E-state index in [-0.39, 0.29) is 11.3 Å². The van der Waals surface area contributed by atoms with E-state index in [2.05, 4.69) is 14.9 Å². The molecule has 1 fully saturated rings. The number of aryl methyl sites for hydroxylation is 1. The van der Waals surface area contributed by atoms with Crippen molar-refractivity contribution in [3.05, 3.63) is 29.6 Å². The highest BCUT2D eigenvalue weighted by molar-refractivity contribution is 7.90. The highest BCUT2D eigenvalue weighted by atomic mass is 32.2. The lowest BCUT2D eigenvalue weighted by Crippen LogP contribution is -2.39. The van der Waals surface area contributed by atoms with Gasteiger partial charge in [-0.05, 0) is 31.7 Å². The van der Waals surface area contributed by atoms with E-state index in [1.165, 1.54) is 10.4 Å². The molecule has 0 atom stereocenters. The first kappa shape index (κ1) is 19.3. The zero-order valence-electron chi connectivity index (χ0n) is 15.5. The van der Waals surface area contributed by atoms with Crippen molar-refractivity contribution in [1.29, 1.82) is 0 Å². The molecule has 1 aromatic carbocycles. The lowest BCUT2D eigenvalue weighted by molar-refractivity contribution is 0.349. The highest BCUT2D eigenvalue weighted by Crippen LogP contribution is 2.30. The third-order valence-electron chi connectivity index (χ3n) is 5.30. The van der Waals surface area contributed by atoms with E-state index >= 15 is 0 Å². The fourth-order valence-corrected chi connectivity index (χ4v) is 5.09. The van der Waals surface area contributed by atoms with Crippen LogP contribution in [0.1, 0.15) is 44.3 Å². The van der Waals surface area contributed by atoms with Crippen molar-refractivity contribution in [2.45, 2.75) is 51.5 Å². The Labute approximate surface area is 162 Å². The molecular weight excluding hydrogens is 388 g/mol.